The topological polar surface area (TPSA) is 119 Å². The van der Waals surface area contributed by atoms with Crippen molar-refractivity contribution in [3.63, 3.8) is 0 Å². The first-order valence-corrected chi connectivity index (χ1v) is 9.70. The van der Waals surface area contributed by atoms with E-state index in [-0.39, 0.29) is 29.2 Å². The number of nitrogens with one attached hydrogen (secondary N) is 1. The van der Waals surface area contributed by atoms with E-state index in [0.717, 1.165) is 12.8 Å². The average molecular weight is 367 g/mol. The number of nitrogens with zero attached hydrogens (tertiary/aromatic N) is 1. The smallest absolute Gasteiger partial charge is 0.238 e. The summed E-state index contributed by atoms with van der Waals surface area (Å²) in [6.07, 6.45) is 1.79. The number of carbonyl (C=O) groups is 2. The predicted molar refractivity (Wildman–Crippen MR) is 90.1 cm³/mol. The molecule has 2 amide bonds. The number of rotatable bonds is 4. The first-order valence-electron chi connectivity index (χ1n) is 8.15. The van der Waals surface area contributed by atoms with E-state index in [0.29, 0.717) is 25.4 Å². The van der Waals surface area contributed by atoms with Gasteiger partial charge in [0.2, 0.25) is 21.8 Å². The summed E-state index contributed by atoms with van der Waals surface area (Å²) in [5.74, 6) is -0.656. The SMILES string of the molecule is NS(=O)(=O)c1ccc(NC(=O)C2CC(=O)N(C3CCOCC3)C2)cc1. The summed E-state index contributed by atoms with van der Waals surface area (Å²) in [7, 11) is -3.76. The molecule has 1 aromatic rings. The van der Waals surface area contributed by atoms with Crippen LogP contribution in [0.4, 0.5) is 5.69 Å². The van der Waals surface area contributed by atoms with Gasteiger partial charge in [-0.05, 0) is 37.1 Å². The highest BCUT2D eigenvalue weighted by molar-refractivity contribution is 7.89. The lowest BCUT2D eigenvalue weighted by atomic mass is 10.1. The molecule has 1 unspecified atom stereocenters. The van der Waals surface area contributed by atoms with Crippen molar-refractivity contribution in [1.82, 2.24) is 4.90 Å². The van der Waals surface area contributed by atoms with Gasteiger partial charge in [0.25, 0.3) is 0 Å². The third-order valence-electron chi connectivity index (χ3n) is 4.61. The van der Waals surface area contributed by atoms with Gasteiger partial charge in [-0.2, -0.15) is 0 Å². The highest BCUT2D eigenvalue weighted by Crippen LogP contribution is 2.26. The Morgan fingerprint density at radius 3 is 2.44 bits per heavy atom. The number of ether oxygens (including phenoxy) is 1. The number of likely N-dealkylation sites (tertiary alicyclic amines) is 1. The minimum Gasteiger partial charge on any atom is -0.381 e. The molecule has 0 spiro atoms. The second-order valence-corrected chi connectivity index (χ2v) is 7.91. The van der Waals surface area contributed by atoms with Crippen LogP contribution in [-0.4, -0.2) is 50.9 Å². The Labute approximate surface area is 146 Å². The molecule has 3 N–H and O–H groups in total. The number of primary sulfonamides is 1. The molecule has 2 fully saturated rings. The Hall–Kier alpha value is -1.97. The highest BCUT2D eigenvalue weighted by atomic mass is 32.2. The largest absolute Gasteiger partial charge is 0.381 e. The molecule has 3 rings (SSSR count). The minimum atomic E-state index is -3.76. The van der Waals surface area contributed by atoms with Crippen LogP contribution < -0.4 is 10.5 Å². The summed E-state index contributed by atoms with van der Waals surface area (Å²) in [6.45, 7) is 1.69. The first kappa shape index (κ1) is 17.8. The Balaban J connectivity index is 1.61. The number of carbonyl (C=O) groups excluding carboxylic acids is 2. The molecule has 1 atom stereocenters. The van der Waals surface area contributed by atoms with E-state index in [1.54, 1.807) is 4.90 Å². The van der Waals surface area contributed by atoms with Crippen molar-refractivity contribution in [3.8, 4) is 0 Å². The summed E-state index contributed by atoms with van der Waals surface area (Å²) in [5, 5.41) is 7.77. The van der Waals surface area contributed by atoms with E-state index in [4.69, 9.17) is 9.88 Å². The van der Waals surface area contributed by atoms with Crippen molar-refractivity contribution >= 4 is 27.5 Å². The van der Waals surface area contributed by atoms with Gasteiger partial charge in [0, 0.05) is 37.9 Å². The Bertz CT molecular complexity index is 756. The molecule has 2 aliphatic heterocycles. The number of sulfonamides is 1. The Morgan fingerprint density at radius 1 is 1.20 bits per heavy atom. The molecule has 0 radical (unpaired) electrons. The number of amides is 2. The van der Waals surface area contributed by atoms with Crippen molar-refractivity contribution in [2.45, 2.75) is 30.2 Å². The predicted octanol–water partition coefficient (Wildman–Crippen LogP) is 0.300. The van der Waals surface area contributed by atoms with Crippen LogP contribution >= 0.6 is 0 Å². The van der Waals surface area contributed by atoms with Crippen LogP contribution in [-0.2, 0) is 24.3 Å². The van der Waals surface area contributed by atoms with Crippen molar-refractivity contribution in [3.05, 3.63) is 24.3 Å². The minimum absolute atomic E-state index is 0.00313. The molecule has 136 valence electrons. The maximum absolute atomic E-state index is 12.4. The first-order chi connectivity index (χ1) is 11.8. The molecule has 25 heavy (non-hydrogen) atoms. The summed E-state index contributed by atoms with van der Waals surface area (Å²) in [4.78, 5) is 26.4. The lowest BCUT2D eigenvalue weighted by Gasteiger charge is -2.31. The Kier molecular flexibility index (Phi) is 5.07. The number of hydrogen-bond acceptors (Lipinski definition) is 5. The molecule has 0 aliphatic carbocycles. The van der Waals surface area contributed by atoms with E-state index in [9.17, 15) is 18.0 Å². The van der Waals surface area contributed by atoms with Crippen LogP contribution in [0.15, 0.2) is 29.2 Å². The van der Waals surface area contributed by atoms with Crippen LogP contribution in [0.1, 0.15) is 19.3 Å². The van der Waals surface area contributed by atoms with Crippen molar-refractivity contribution in [1.29, 1.82) is 0 Å². The number of benzene rings is 1. The molecule has 9 heteroatoms. The second kappa shape index (κ2) is 7.11. The quantitative estimate of drug-likeness (QED) is 0.793. The van der Waals surface area contributed by atoms with Gasteiger partial charge >= 0.3 is 0 Å². The number of anilines is 1. The molecule has 2 saturated heterocycles. The third-order valence-corrected chi connectivity index (χ3v) is 5.54. The molecule has 2 heterocycles. The number of hydrogen-bond donors (Lipinski definition) is 2. The van der Waals surface area contributed by atoms with Crippen LogP contribution in [0.2, 0.25) is 0 Å². The maximum atomic E-state index is 12.4. The van der Waals surface area contributed by atoms with Gasteiger partial charge in [0.05, 0.1) is 10.8 Å². The standard InChI is InChI=1S/C16H21N3O5S/c17-25(22,23)14-3-1-12(2-4-14)18-16(21)11-9-15(20)19(10-11)13-5-7-24-8-6-13/h1-4,11,13H,5-10H2,(H,18,21)(H2,17,22,23). The van der Waals surface area contributed by atoms with E-state index in [1.807, 2.05) is 0 Å². The molecule has 0 aromatic heterocycles. The maximum Gasteiger partial charge on any atom is 0.238 e. The Morgan fingerprint density at radius 2 is 1.84 bits per heavy atom. The zero-order valence-electron chi connectivity index (χ0n) is 13.7. The van der Waals surface area contributed by atoms with Gasteiger partial charge in [-0.3, -0.25) is 9.59 Å². The normalized spacial score (nSPS) is 22.2. The summed E-state index contributed by atoms with van der Waals surface area (Å²) in [5.41, 5.74) is 0.467. The fourth-order valence-corrected chi connectivity index (χ4v) is 3.74. The monoisotopic (exact) mass is 367 g/mol. The summed E-state index contributed by atoms with van der Waals surface area (Å²) >= 11 is 0. The van der Waals surface area contributed by atoms with Crippen molar-refractivity contribution in [2.75, 3.05) is 25.1 Å². The van der Waals surface area contributed by atoms with Crippen molar-refractivity contribution < 1.29 is 22.7 Å². The van der Waals surface area contributed by atoms with Gasteiger partial charge in [-0.25, -0.2) is 13.6 Å². The van der Waals surface area contributed by atoms with Gasteiger partial charge in [0.15, 0.2) is 0 Å². The summed E-state index contributed by atoms with van der Waals surface area (Å²) in [6, 6.07) is 5.76. The van der Waals surface area contributed by atoms with E-state index in [2.05, 4.69) is 5.32 Å². The fraction of sp³-hybridized carbons (Fsp3) is 0.500. The molecule has 0 saturated carbocycles. The molecule has 1 aromatic carbocycles. The van der Waals surface area contributed by atoms with Gasteiger partial charge < -0.3 is 15.0 Å². The average Bonchev–Trinajstić information content (AvgIpc) is 2.97. The van der Waals surface area contributed by atoms with Crippen molar-refractivity contribution in [2.24, 2.45) is 11.1 Å². The molecule has 2 aliphatic rings. The van der Waals surface area contributed by atoms with E-state index >= 15 is 0 Å². The molecule has 8 nitrogen and oxygen atoms in total. The molecular weight excluding hydrogens is 346 g/mol. The number of nitrogens with two attached hydrogens (primary N) is 1. The van der Waals surface area contributed by atoms with Gasteiger partial charge in [0.1, 0.15) is 0 Å². The third kappa shape index (κ3) is 4.17. The summed E-state index contributed by atoms with van der Waals surface area (Å²) < 4.78 is 27.8. The zero-order valence-corrected chi connectivity index (χ0v) is 14.5. The molecule has 0 bridgehead atoms. The van der Waals surface area contributed by atoms with Crippen LogP contribution in [0.25, 0.3) is 0 Å². The molecular formula is C16H21N3O5S. The van der Waals surface area contributed by atoms with Crippen LogP contribution in [0.3, 0.4) is 0 Å². The van der Waals surface area contributed by atoms with Crippen LogP contribution in [0.5, 0.6) is 0 Å². The van der Waals surface area contributed by atoms with E-state index < -0.39 is 15.9 Å². The highest BCUT2D eigenvalue weighted by Gasteiger charge is 2.38. The van der Waals surface area contributed by atoms with E-state index in [1.165, 1.54) is 24.3 Å². The fourth-order valence-electron chi connectivity index (χ4n) is 3.23. The lowest BCUT2D eigenvalue weighted by molar-refractivity contribution is -0.131. The van der Waals surface area contributed by atoms with Gasteiger partial charge in [-0.1, -0.05) is 0 Å². The van der Waals surface area contributed by atoms with Crippen LogP contribution in [0, 0.1) is 5.92 Å². The zero-order chi connectivity index (χ0) is 18.0. The lowest BCUT2D eigenvalue weighted by Crippen LogP contribution is -2.41. The second-order valence-electron chi connectivity index (χ2n) is 6.35. The van der Waals surface area contributed by atoms with Gasteiger partial charge in [-0.15, -0.1) is 0 Å².